The molecule has 0 aliphatic carbocycles. The van der Waals surface area contributed by atoms with Gasteiger partial charge in [0.05, 0.1) is 17.4 Å². The van der Waals surface area contributed by atoms with Gasteiger partial charge in [-0.25, -0.2) is 27.5 Å². The molecular formula is C17H12F3N7O. The highest BCUT2D eigenvalue weighted by Gasteiger charge is 2.15. The molecular weight excluding hydrogens is 375 g/mol. The minimum atomic E-state index is -2.93. The van der Waals surface area contributed by atoms with Crippen LogP contribution in [0.4, 0.5) is 13.2 Å². The second kappa shape index (κ2) is 7.47. The summed E-state index contributed by atoms with van der Waals surface area (Å²) < 4.78 is 47.4. The first-order valence-electron chi connectivity index (χ1n) is 8.05. The van der Waals surface area contributed by atoms with E-state index in [1.54, 1.807) is 29.2 Å². The molecule has 0 bridgehead atoms. The van der Waals surface area contributed by atoms with E-state index in [-0.39, 0.29) is 18.3 Å². The van der Waals surface area contributed by atoms with Crippen molar-refractivity contribution in [2.24, 2.45) is 0 Å². The molecule has 0 spiro atoms. The minimum Gasteiger partial charge on any atom is -0.457 e. The average Bonchev–Trinajstić information content (AvgIpc) is 3.39. The molecule has 0 fully saturated rings. The predicted octanol–water partition coefficient (Wildman–Crippen LogP) is 2.90. The molecule has 0 atom stereocenters. The number of ether oxygens (including phenoxy) is 1. The van der Waals surface area contributed by atoms with E-state index in [0.29, 0.717) is 11.5 Å². The molecule has 4 aromatic rings. The highest BCUT2D eigenvalue weighted by atomic mass is 19.3. The summed E-state index contributed by atoms with van der Waals surface area (Å²) in [5, 5.41) is 11.8. The monoisotopic (exact) mass is 387 g/mol. The van der Waals surface area contributed by atoms with E-state index in [1.807, 2.05) is 0 Å². The van der Waals surface area contributed by atoms with Gasteiger partial charge < -0.3 is 4.74 Å². The van der Waals surface area contributed by atoms with E-state index in [9.17, 15) is 13.2 Å². The SMILES string of the molecule is Fc1ccc(-n2cc(COc3nccc(-n4cccn4)n3)nn2)cc1C(F)F. The van der Waals surface area contributed by atoms with Crippen molar-refractivity contribution < 1.29 is 17.9 Å². The van der Waals surface area contributed by atoms with Crippen molar-refractivity contribution in [2.75, 3.05) is 0 Å². The molecule has 142 valence electrons. The van der Waals surface area contributed by atoms with Crippen molar-refractivity contribution in [3.05, 3.63) is 72.2 Å². The molecule has 0 N–H and O–H groups in total. The summed E-state index contributed by atoms with van der Waals surface area (Å²) in [6.07, 6.45) is 3.44. The molecule has 0 unspecified atom stereocenters. The fourth-order valence-electron chi connectivity index (χ4n) is 2.40. The van der Waals surface area contributed by atoms with Crippen LogP contribution in [0.25, 0.3) is 11.5 Å². The van der Waals surface area contributed by atoms with Crippen LogP contribution in [0.15, 0.2) is 55.1 Å². The van der Waals surface area contributed by atoms with Crippen LogP contribution in [0, 0.1) is 5.82 Å². The minimum absolute atomic E-state index is 0.00542. The van der Waals surface area contributed by atoms with Gasteiger partial charge in [-0.3, -0.25) is 0 Å². The van der Waals surface area contributed by atoms with E-state index < -0.39 is 17.8 Å². The van der Waals surface area contributed by atoms with Crippen LogP contribution in [-0.2, 0) is 6.61 Å². The van der Waals surface area contributed by atoms with Crippen LogP contribution >= 0.6 is 0 Å². The number of halogens is 3. The Balaban J connectivity index is 1.47. The molecule has 0 aliphatic heterocycles. The highest BCUT2D eigenvalue weighted by molar-refractivity contribution is 5.36. The van der Waals surface area contributed by atoms with Crippen molar-refractivity contribution >= 4 is 0 Å². The number of nitrogens with zero attached hydrogens (tertiary/aromatic N) is 7. The Morgan fingerprint density at radius 2 is 2.00 bits per heavy atom. The summed E-state index contributed by atoms with van der Waals surface area (Å²) in [5.74, 6) is -0.443. The summed E-state index contributed by atoms with van der Waals surface area (Å²) in [6, 6.07) is 6.86. The van der Waals surface area contributed by atoms with Gasteiger partial charge in [0.25, 0.3) is 6.43 Å². The Bertz CT molecular complexity index is 1080. The number of alkyl halides is 2. The summed E-state index contributed by atoms with van der Waals surface area (Å²) in [7, 11) is 0. The van der Waals surface area contributed by atoms with E-state index in [2.05, 4.69) is 25.4 Å². The number of rotatable bonds is 6. The molecule has 0 saturated carbocycles. The zero-order valence-corrected chi connectivity index (χ0v) is 14.2. The van der Waals surface area contributed by atoms with Crippen LogP contribution < -0.4 is 4.74 Å². The van der Waals surface area contributed by atoms with Crippen LogP contribution in [0.1, 0.15) is 17.7 Å². The van der Waals surface area contributed by atoms with E-state index >= 15 is 0 Å². The van der Waals surface area contributed by atoms with E-state index in [0.717, 1.165) is 12.1 Å². The first-order chi connectivity index (χ1) is 13.6. The fraction of sp³-hybridized carbons (Fsp3) is 0.118. The van der Waals surface area contributed by atoms with Crippen molar-refractivity contribution in [3.8, 4) is 17.5 Å². The van der Waals surface area contributed by atoms with Crippen LogP contribution in [0.2, 0.25) is 0 Å². The molecule has 3 heterocycles. The second-order valence-corrected chi connectivity index (χ2v) is 5.60. The van der Waals surface area contributed by atoms with Gasteiger partial charge in [-0.1, -0.05) is 5.21 Å². The smallest absolute Gasteiger partial charge is 0.318 e. The summed E-state index contributed by atoms with van der Waals surface area (Å²) in [5.41, 5.74) is -0.0296. The lowest BCUT2D eigenvalue weighted by molar-refractivity contribution is 0.146. The van der Waals surface area contributed by atoms with E-state index in [1.165, 1.54) is 23.1 Å². The third-order valence-corrected chi connectivity index (χ3v) is 3.73. The van der Waals surface area contributed by atoms with Gasteiger partial charge in [0, 0.05) is 24.7 Å². The standard InChI is InChI=1S/C17H12F3N7O/c18-14-3-2-12(8-13(14)16(19)20)27-9-11(24-25-27)10-28-17-21-6-4-15(23-17)26-7-1-5-22-26/h1-9,16H,10H2. The Labute approximate surface area is 156 Å². The van der Waals surface area contributed by atoms with Gasteiger partial charge in [-0.05, 0) is 24.3 Å². The number of aromatic nitrogens is 7. The maximum absolute atomic E-state index is 13.4. The van der Waals surface area contributed by atoms with Crippen molar-refractivity contribution in [2.45, 2.75) is 13.0 Å². The Morgan fingerprint density at radius 1 is 1.11 bits per heavy atom. The zero-order valence-electron chi connectivity index (χ0n) is 14.2. The lowest BCUT2D eigenvalue weighted by Gasteiger charge is -2.05. The van der Waals surface area contributed by atoms with Gasteiger partial charge in [0.1, 0.15) is 18.1 Å². The van der Waals surface area contributed by atoms with Crippen LogP contribution in [-0.4, -0.2) is 34.7 Å². The first kappa shape index (κ1) is 17.6. The maximum Gasteiger partial charge on any atom is 0.318 e. The zero-order chi connectivity index (χ0) is 19.5. The quantitative estimate of drug-likeness (QED) is 0.506. The number of benzene rings is 1. The molecule has 28 heavy (non-hydrogen) atoms. The molecule has 4 rings (SSSR count). The highest BCUT2D eigenvalue weighted by Crippen LogP contribution is 2.24. The largest absolute Gasteiger partial charge is 0.457 e. The fourth-order valence-corrected chi connectivity index (χ4v) is 2.40. The Hall–Kier alpha value is -3.76. The molecule has 0 radical (unpaired) electrons. The van der Waals surface area contributed by atoms with Gasteiger partial charge in [0.2, 0.25) is 0 Å². The van der Waals surface area contributed by atoms with Crippen molar-refractivity contribution in [1.82, 2.24) is 34.7 Å². The lowest BCUT2D eigenvalue weighted by atomic mass is 10.2. The summed E-state index contributed by atoms with van der Waals surface area (Å²) in [4.78, 5) is 8.24. The molecule has 8 nitrogen and oxygen atoms in total. The van der Waals surface area contributed by atoms with Crippen LogP contribution in [0.3, 0.4) is 0 Å². The second-order valence-electron chi connectivity index (χ2n) is 5.60. The summed E-state index contributed by atoms with van der Waals surface area (Å²) in [6.45, 7) is 0.00542. The third-order valence-electron chi connectivity index (χ3n) is 3.73. The van der Waals surface area contributed by atoms with Gasteiger partial charge >= 0.3 is 6.01 Å². The normalized spacial score (nSPS) is 11.1. The summed E-state index contributed by atoms with van der Waals surface area (Å²) >= 11 is 0. The van der Waals surface area contributed by atoms with Gasteiger partial charge in [0.15, 0.2) is 5.82 Å². The molecule has 3 aromatic heterocycles. The maximum atomic E-state index is 13.4. The molecule has 0 aliphatic rings. The number of hydrogen-bond acceptors (Lipinski definition) is 6. The number of hydrogen-bond donors (Lipinski definition) is 0. The van der Waals surface area contributed by atoms with Crippen molar-refractivity contribution in [1.29, 1.82) is 0 Å². The predicted molar refractivity (Wildman–Crippen MR) is 89.8 cm³/mol. The molecule has 11 heteroatoms. The Morgan fingerprint density at radius 3 is 2.79 bits per heavy atom. The topological polar surface area (TPSA) is 83.5 Å². The average molecular weight is 387 g/mol. The lowest BCUT2D eigenvalue weighted by Crippen LogP contribution is -2.03. The molecule has 1 aromatic carbocycles. The van der Waals surface area contributed by atoms with E-state index in [4.69, 9.17) is 4.74 Å². The van der Waals surface area contributed by atoms with Crippen molar-refractivity contribution in [3.63, 3.8) is 0 Å². The van der Waals surface area contributed by atoms with Crippen LogP contribution in [0.5, 0.6) is 6.01 Å². The van der Waals surface area contributed by atoms with Gasteiger partial charge in [-0.15, -0.1) is 5.10 Å². The van der Waals surface area contributed by atoms with Gasteiger partial charge in [-0.2, -0.15) is 10.1 Å². The first-order valence-corrected chi connectivity index (χ1v) is 8.05. The third kappa shape index (κ3) is 3.68. The molecule has 0 saturated heterocycles. The Kier molecular flexibility index (Phi) is 4.70. The molecule has 0 amide bonds.